The predicted octanol–water partition coefficient (Wildman–Crippen LogP) is 3.66. The summed E-state index contributed by atoms with van der Waals surface area (Å²) in [6, 6.07) is 0. The number of alkyl halides is 3. The summed E-state index contributed by atoms with van der Waals surface area (Å²) in [7, 11) is 0. The number of hydrogen-bond donors (Lipinski definition) is 0. The third-order valence-corrected chi connectivity index (χ3v) is 6.01. The second kappa shape index (κ2) is 4.00. The summed E-state index contributed by atoms with van der Waals surface area (Å²) in [4.78, 5) is 0. The zero-order valence-electron chi connectivity index (χ0n) is 10.8. The summed E-state index contributed by atoms with van der Waals surface area (Å²) < 4.78 is 41.3. The first-order valence-corrected chi connectivity index (χ1v) is 7.36. The topological polar surface area (TPSA) is 9.23 Å². The third kappa shape index (κ3) is 1.86. The minimum Gasteiger partial charge on any atom is -0.372 e. The van der Waals surface area contributed by atoms with Crippen molar-refractivity contribution in [3.63, 3.8) is 0 Å². The molecule has 0 aliphatic heterocycles. The lowest BCUT2D eigenvalue weighted by Gasteiger charge is -2.36. The van der Waals surface area contributed by atoms with E-state index in [2.05, 4.69) is 12.2 Å². The molecule has 3 saturated carbocycles. The first kappa shape index (κ1) is 12.2. The van der Waals surface area contributed by atoms with Gasteiger partial charge in [-0.05, 0) is 60.7 Å². The van der Waals surface area contributed by atoms with Crippen LogP contribution in [0.2, 0.25) is 0 Å². The Morgan fingerprint density at radius 3 is 2.47 bits per heavy atom. The zero-order valence-corrected chi connectivity index (χ0v) is 10.8. The van der Waals surface area contributed by atoms with Gasteiger partial charge in [0.15, 0.2) is 0 Å². The molecule has 0 aromatic rings. The molecule has 4 heteroatoms. The van der Waals surface area contributed by atoms with E-state index in [1.165, 1.54) is 12.8 Å². The van der Waals surface area contributed by atoms with Crippen molar-refractivity contribution in [3.05, 3.63) is 12.2 Å². The van der Waals surface area contributed by atoms with Crippen LogP contribution in [-0.4, -0.2) is 19.4 Å². The highest BCUT2D eigenvalue weighted by Crippen LogP contribution is 2.66. The summed E-state index contributed by atoms with van der Waals surface area (Å²) in [5, 5.41) is 0. The third-order valence-electron chi connectivity index (χ3n) is 6.01. The van der Waals surface area contributed by atoms with Crippen LogP contribution in [0.5, 0.6) is 0 Å². The molecule has 4 aliphatic rings. The van der Waals surface area contributed by atoms with Gasteiger partial charge < -0.3 is 4.74 Å². The highest BCUT2D eigenvalue weighted by atomic mass is 19.4. The quantitative estimate of drug-likeness (QED) is 0.563. The van der Waals surface area contributed by atoms with Crippen LogP contribution in [0, 0.1) is 41.4 Å². The van der Waals surface area contributed by atoms with Crippen molar-refractivity contribution >= 4 is 0 Å². The molecule has 0 aromatic heterocycles. The summed E-state index contributed by atoms with van der Waals surface area (Å²) in [5.74, 6) is 4.86. The summed E-state index contributed by atoms with van der Waals surface area (Å²) in [6.07, 6.45) is 4.21. The van der Waals surface area contributed by atoms with Gasteiger partial charge in [0.25, 0.3) is 0 Å². The number of allylic oxidation sites excluding steroid dienone is 2. The molecule has 0 radical (unpaired) electrons. The molecule has 0 heterocycles. The molecule has 106 valence electrons. The van der Waals surface area contributed by atoms with Crippen molar-refractivity contribution in [2.75, 3.05) is 13.2 Å². The molecule has 4 aliphatic carbocycles. The predicted molar refractivity (Wildman–Crippen MR) is 64.3 cm³/mol. The van der Waals surface area contributed by atoms with E-state index in [1.807, 2.05) is 0 Å². The van der Waals surface area contributed by atoms with Gasteiger partial charge in [-0.2, -0.15) is 13.2 Å². The Morgan fingerprint density at radius 1 is 1.00 bits per heavy atom. The minimum absolute atomic E-state index is 0.311. The fourth-order valence-electron chi connectivity index (χ4n) is 5.67. The van der Waals surface area contributed by atoms with Gasteiger partial charge in [-0.3, -0.25) is 0 Å². The highest BCUT2D eigenvalue weighted by Gasteiger charge is 2.60. The average molecular weight is 272 g/mol. The van der Waals surface area contributed by atoms with Crippen LogP contribution in [0.25, 0.3) is 0 Å². The van der Waals surface area contributed by atoms with Crippen LogP contribution in [0.4, 0.5) is 13.2 Å². The molecular formula is C15H19F3O. The smallest absolute Gasteiger partial charge is 0.372 e. The van der Waals surface area contributed by atoms with Gasteiger partial charge in [-0.1, -0.05) is 12.2 Å². The summed E-state index contributed by atoms with van der Waals surface area (Å²) >= 11 is 0. The Bertz CT molecular complexity index is 403. The minimum atomic E-state index is -4.19. The zero-order chi connectivity index (χ0) is 13.2. The highest BCUT2D eigenvalue weighted by molar-refractivity contribution is 5.20. The van der Waals surface area contributed by atoms with Crippen LogP contribution in [-0.2, 0) is 4.74 Å². The first-order valence-electron chi connectivity index (χ1n) is 7.36. The molecule has 4 bridgehead atoms. The van der Waals surface area contributed by atoms with Crippen molar-refractivity contribution < 1.29 is 17.9 Å². The van der Waals surface area contributed by atoms with Gasteiger partial charge in [0.2, 0.25) is 0 Å². The molecule has 4 rings (SSSR count). The van der Waals surface area contributed by atoms with Gasteiger partial charge in [0.05, 0.1) is 6.61 Å². The maximum Gasteiger partial charge on any atom is 0.411 e. The van der Waals surface area contributed by atoms with Gasteiger partial charge in [-0.15, -0.1) is 0 Å². The molecule has 7 atom stereocenters. The van der Waals surface area contributed by atoms with E-state index in [0.29, 0.717) is 18.4 Å². The second-order valence-electron chi connectivity index (χ2n) is 6.89. The molecule has 3 fully saturated rings. The molecular weight excluding hydrogens is 253 g/mol. The van der Waals surface area contributed by atoms with E-state index in [9.17, 15) is 13.2 Å². The van der Waals surface area contributed by atoms with Crippen molar-refractivity contribution in [2.45, 2.75) is 25.4 Å². The standard InChI is InChI=1S/C15H19F3O/c16-15(17,18)7-19-6-11-4-10-5-12(11)14-9-2-1-8(3-9)13(10)14/h1-2,8-14H,3-7H2. The van der Waals surface area contributed by atoms with Crippen LogP contribution >= 0.6 is 0 Å². The lowest BCUT2D eigenvalue weighted by Crippen LogP contribution is -2.33. The Kier molecular flexibility index (Phi) is 2.58. The van der Waals surface area contributed by atoms with E-state index in [0.717, 1.165) is 36.0 Å². The Hall–Kier alpha value is -0.510. The number of hydrogen-bond acceptors (Lipinski definition) is 1. The van der Waals surface area contributed by atoms with Crippen molar-refractivity contribution in [2.24, 2.45) is 41.4 Å². The van der Waals surface area contributed by atoms with E-state index < -0.39 is 12.8 Å². The lowest BCUT2D eigenvalue weighted by atomic mass is 9.69. The number of halogens is 3. The molecule has 7 unspecified atom stereocenters. The molecule has 1 nitrogen and oxygen atoms in total. The van der Waals surface area contributed by atoms with E-state index in [1.54, 1.807) is 0 Å². The normalized spacial score (nSPS) is 50.2. The number of fused-ring (bicyclic) bond motifs is 9. The van der Waals surface area contributed by atoms with Crippen molar-refractivity contribution in [3.8, 4) is 0 Å². The monoisotopic (exact) mass is 272 g/mol. The van der Waals surface area contributed by atoms with Crippen LogP contribution < -0.4 is 0 Å². The molecule has 0 spiro atoms. The number of ether oxygens (including phenoxy) is 1. The van der Waals surface area contributed by atoms with Gasteiger partial charge in [0.1, 0.15) is 6.61 Å². The molecule has 0 amide bonds. The summed E-state index contributed by atoms with van der Waals surface area (Å²) in [6.45, 7) is -0.772. The Labute approximate surface area is 111 Å². The Balaban J connectivity index is 1.39. The number of rotatable bonds is 3. The SMILES string of the molecule is FC(F)(F)COCC1CC2CC1C1C3C=CC(C3)C21. The van der Waals surface area contributed by atoms with Crippen LogP contribution in [0.15, 0.2) is 12.2 Å². The van der Waals surface area contributed by atoms with Crippen LogP contribution in [0.3, 0.4) is 0 Å². The second-order valence-corrected chi connectivity index (χ2v) is 6.89. The largest absolute Gasteiger partial charge is 0.411 e. The van der Waals surface area contributed by atoms with Gasteiger partial charge in [-0.25, -0.2) is 0 Å². The lowest BCUT2D eigenvalue weighted by molar-refractivity contribution is -0.178. The van der Waals surface area contributed by atoms with E-state index >= 15 is 0 Å². The molecule has 0 aromatic carbocycles. The van der Waals surface area contributed by atoms with Crippen molar-refractivity contribution in [1.82, 2.24) is 0 Å². The maximum atomic E-state index is 12.1. The van der Waals surface area contributed by atoms with Gasteiger partial charge >= 0.3 is 6.18 Å². The van der Waals surface area contributed by atoms with Gasteiger partial charge in [0, 0.05) is 0 Å². The summed E-state index contributed by atoms with van der Waals surface area (Å²) in [5.41, 5.74) is 0. The van der Waals surface area contributed by atoms with E-state index in [4.69, 9.17) is 4.74 Å². The fraction of sp³-hybridized carbons (Fsp3) is 0.867. The molecule has 0 N–H and O–H groups in total. The Morgan fingerprint density at radius 2 is 1.74 bits per heavy atom. The maximum absolute atomic E-state index is 12.1. The molecule has 19 heavy (non-hydrogen) atoms. The molecule has 0 saturated heterocycles. The average Bonchev–Trinajstić information content (AvgIpc) is 3.05. The first-order chi connectivity index (χ1) is 9.03. The van der Waals surface area contributed by atoms with Crippen LogP contribution in [0.1, 0.15) is 19.3 Å². The van der Waals surface area contributed by atoms with Crippen molar-refractivity contribution in [1.29, 1.82) is 0 Å². The van der Waals surface area contributed by atoms with E-state index in [-0.39, 0.29) is 0 Å². The fourth-order valence-corrected chi connectivity index (χ4v) is 5.67.